The molecule has 10 nitrogen and oxygen atoms in total. The van der Waals surface area contributed by atoms with Crippen molar-refractivity contribution in [2.24, 2.45) is 0 Å². The third-order valence-electron chi connectivity index (χ3n) is 4.10. The molecule has 1 aromatic heterocycles. The number of rotatable bonds is 6. The molecule has 0 bridgehead atoms. The van der Waals surface area contributed by atoms with Crippen LogP contribution in [0.1, 0.15) is 6.92 Å². The summed E-state index contributed by atoms with van der Waals surface area (Å²) in [6.07, 6.45) is 0.105. The molecule has 0 spiro atoms. The fraction of sp³-hybridized carbons (Fsp3) is 0.0952. The van der Waals surface area contributed by atoms with Crippen LogP contribution in [0.4, 0.5) is 10.5 Å². The maximum absolute atomic E-state index is 12.0. The van der Waals surface area contributed by atoms with Crippen molar-refractivity contribution in [1.29, 1.82) is 5.26 Å². The van der Waals surface area contributed by atoms with Gasteiger partial charge in [-0.25, -0.2) is 9.89 Å². The lowest BCUT2D eigenvalue weighted by molar-refractivity contribution is -0.116. The summed E-state index contributed by atoms with van der Waals surface area (Å²) in [5, 5.41) is 21.1. The normalized spacial score (nSPS) is 10.9. The topological polar surface area (TPSA) is 146 Å². The Morgan fingerprint density at radius 3 is 2.52 bits per heavy atom. The molecule has 3 rings (SSSR count). The second-order valence-electron chi connectivity index (χ2n) is 6.26. The maximum Gasteiger partial charge on any atom is 0.414 e. The number of nitrogens with one attached hydrogen (secondary N) is 3. The minimum atomic E-state index is -0.973. The number of nitrogens with zero attached hydrogens (tertiary/aromatic N) is 2. The maximum atomic E-state index is 12.0. The lowest BCUT2D eigenvalue weighted by Gasteiger charge is -2.12. The molecule has 0 aliphatic rings. The molecule has 1 heterocycles. The van der Waals surface area contributed by atoms with Gasteiger partial charge in [0.05, 0.1) is 27.4 Å². The summed E-state index contributed by atoms with van der Waals surface area (Å²) in [7, 11) is 0. The molecular formula is C21H15Cl2N5O5. The average molecular weight is 488 g/mol. The number of anilines is 1. The predicted octanol–water partition coefficient (Wildman–Crippen LogP) is 4.11. The largest absolute Gasteiger partial charge is 0.450 e. The molecule has 0 radical (unpaired) electrons. The van der Waals surface area contributed by atoms with Gasteiger partial charge in [0.2, 0.25) is 5.88 Å². The quantitative estimate of drug-likeness (QED) is 0.347. The minimum Gasteiger partial charge on any atom is -0.450 e. The number of halogens is 2. The molecule has 2 amide bonds. The van der Waals surface area contributed by atoms with Crippen molar-refractivity contribution in [3.05, 3.63) is 68.6 Å². The summed E-state index contributed by atoms with van der Waals surface area (Å²) in [4.78, 5) is 35.2. The monoisotopic (exact) mass is 487 g/mol. The van der Waals surface area contributed by atoms with E-state index in [1.54, 1.807) is 37.3 Å². The fourth-order valence-corrected chi connectivity index (χ4v) is 3.20. The Kier molecular flexibility index (Phi) is 7.50. The first-order chi connectivity index (χ1) is 15.8. The number of hydrogen-bond donors (Lipinski definition) is 3. The number of benzene rings is 2. The highest BCUT2D eigenvalue weighted by atomic mass is 35.5. The molecule has 2 aromatic carbocycles. The van der Waals surface area contributed by atoms with E-state index >= 15 is 0 Å². The van der Waals surface area contributed by atoms with E-state index in [2.05, 4.69) is 20.3 Å². The summed E-state index contributed by atoms with van der Waals surface area (Å²) < 4.78 is 10.4. The van der Waals surface area contributed by atoms with Crippen molar-refractivity contribution < 1.29 is 19.1 Å². The van der Waals surface area contributed by atoms with Crippen LogP contribution in [-0.4, -0.2) is 28.8 Å². The van der Waals surface area contributed by atoms with E-state index in [4.69, 9.17) is 33.2 Å². The van der Waals surface area contributed by atoms with Crippen molar-refractivity contribution >= 4 is 51.7 Å². The van der Waals surface area contributed by atoms with Gasteiger partial charge in [0.1, 0.15) is 11.6 Å². The fourth-order valence-electron chi connectivity index (χ4n) is 2.64. The van der Waals surface area contributed by atoms with Crippen molar-refractivity contribution in [3.63, 3.8) is 0 Å². The number of aromatic amines is 1. The Morgan fingerprint density at radius 2 is 1.88 bits per heavy atom. The van der Waals surface area contributed by atoms with E-state index in [0.29, 0.717) is 16.5 Å². The third kappa shape index (κ3) is 5.60. The van der Waals surface area contributed by atoms with E-state index in [0.717, 1.165) is 6.20 Å². The molecule has 168 valence electrons. The van der Waals surface area contributed by atoms with Crippen molar-refractivity contribution in [3.8, 4) is 17.7 Å². The first-order valence-electron chi connectivity index (χ1n) is 9.33. The van der Waals surface area contributed by atoms with Gasteiger partial charge < -0.3 is 14.8 Å². The molecule has 3 N–H and O–H groups in total. The highest BCUT2D eigenvalue weighted by Gasteiger charge is 2.16. The van der Waals surface area contributed by atoms with Gasteiger partial charge in [-0.15, -0.1) is 5.10 Å². The van der Waals surface area contributed by atoms with E-state index in [1.165, 1.54) is 12.1 Å². The first-order valence-corrected chi connectivity index (χ1v) is 10.1. The molecule has 3 aromatic rings. The zero-order valence-corrected chi connectivity index (χ0v) is 18.5. The van der Waals surface area contributed by atoms with E-state index < -0.39 is 12.0 Å². The number of imide groups is 1. The molecule has 33 heavy (non-hydrogen) atoms. The number of hydrogen-bond acceptors (Lipinski definition) is 8. The van der Waals surface area contributed by atoms with Gasteiger partial charge in [-0.2, -0.15) is 5.26 Å². The third-order valence-corrected chi connectivity index (χ3v) is 4.66. The number of ether oxygens (including phenoxy) is 2. The van der Waals surface area contributed by atoms with Crippen LogP contribution in [-0.2, 0) is 9.53 Å². The number of alkyl carbamates (subject to hydrolysis) is 1. The molecule has 0 saturated carbocycles. The second-order valence-corrected chi connectivity index (χ2v) is 7.08. The summed E-state index contributed by atoms with van der Waals surface area (Å²) in [5.41, 5.74) is -0.436. The van der Waals surface area contributed by atoms with Crippen LogP contribution >= 0.6 is 23.2 Å². The predicted molar refractivity (Wildman–Crippen MR) is 121 cm³/mol. The summed E-state index contributed by atoms with van der Waals surface area (Å²) in [5.74, 6) is -0.772. The van der Waals surface area contributed by atoms with Gasteiger partial charge in [-0.05, 0) is 31.2 Å². The molecular weight excluding hydrogens is 473 g/mol. The Bertz CT molecular complexity index is 1340. The number of nitriles is 1. The number of carbonyl (C=O) groups is 2. The molecule has 0 fully saturated rings. The lowest BCUT2D eigenvalue weighted by atomic mass is 10.2. The minimum absolute atomic E-state index is 0.0682. The Hall–Kier alpha value is -4.07. The number of aromatic nitrogens is 2. The SMILES string of the molecule is CCOC(=O)NC(=O)/C(C#N)=C\Nc1cc(Cl)c(Oc2n[nH]c(=O)c3ccccc23)c(Cl)c1. The zero-order chi connectivity index (χ0) is 24.0. The summed E-state index contributed by atoms with van der Waals surface area (Å²) >= 11 is 12.6. The molecule has 0 aliphatic heterocycles. The number of carbonyl (C=O) groups excluding carboxylic acids is 2. The Morgan fingerprint density at radius 1 is 1.21 bits per heavy atom. The van der Waals surface area contributed by atoms with E-state index in [-0.39, 0.29) is 39.4 Å². The van der Waals surface area contributed by atoms with Gasteiger partial charge in [0, 0.05) is 11.9 Å². The van der Waals surface area contributed by atoms with Gasteiger partial charge in [-0.1, -0.05) is 35.3 Å². The molecule has 0 aliphatic carbocycles. The van der Waals surface area contributed by atoms with Crippen LogP contribution in [0, 0.1) is 11.3 Å². The molecule has 12 heteroatoms. The van der Waals surface area contributed by atoms with Gasteiger partial charge in [0.15, 0.2) is 5.75 Å². The molecule has 0 unspecified atom stereocenters. The lowest BCUT2D eigenvalue weighted by Crippen LogP contribution is -2.32. The first kappa shape index (κ1) is 23.6. The average Bonchev–Trinajstić information content (AvgIpc) is 2.78. The van der Waals surface area contributed by atoms with Crippen molar-refractivity contribution in [2.45, 2.75) is 6.92 Å². The van der Waals surface area contributed by atoms with Crippen LogP contribution in [0.5, 0.6) is 11.6 Å². The van der Waals surface area contributed by atoms with Crippen molar-refractivity contribution in [1.82, 2.24) is 15.5 Å². The van der Waals surface area contributed by atoms with Gasteiger partial charge in [0.25, 0.3) is 11.5 Å². The molecule has 0 atom stereocenters. The van der Waals surface area contributed by atoms with E-state index in [9.17, 15) is 14.4 Å². The zero-order valence-electron chi connectivity index (χ0n) is 16.9. The summed E-state index contributed by atoms with van der Waals surface area (Å²) in [6.45, 7) is 1.64. The Balaban J connectivity index is 1.82. The number of amides is 2. The van der Waals surface area contributed by atoms with Crippen LogP contribution in [0.25, 0.3) is 10.8 Å². The van der Waals surface area contributed by atoms with Gasteiger partial charge in [-0.3, -0.25) is 14.9 Å². The number of fused-ring (bicyclic) bond motifs is 1. The van der Waals surface area contributed by atoms with E-state index in [1.807, 2.05) is 5.32 Å². The smallest absolute Gasteiger partial charge is 0.414 e. The standard InChI is InChI=1S/C21H15Cl2N5O5/c1-2-32-21(31)26-18(29)11(9-24)10-25-12-7-15(22)17(16(23)8-12)33-20-14-6-4-3-5-13(14)19(30)27-28-20/h3-8,10,25H,2H2,1H3,(H,27,30)(H,26,29,31)/b11-10-. The van der Waals surface area contributed by atoms with Crippen LogP contribution in [0.15, 0.2) is 53.0 Å². The second kappa shape index (κ2) is 10.5. The van der Waals surface area contributed by atoms with Crippen molar-refractivity contribution in [2.75, 3.05) is 11.9 Å². The summed E-state index contributed by atoms with van der Waals surface area (Å²) in [6, 6.07) is 11.3. The highest BCUT2D eigenvalue weighted by Crippen LogP contribution is 2.39. The van der Waals surface area contributed by atoms with Crippen LogP contribution < -0.4 is 20.9 Å². The van der Waals surface area contributed by atoms with Crippen LogP contribution in [0.3, 0.4) is 0 Å². The highest BCUT2D eigenvalue weighted by molar-refractivity contribution is 6.37. The number of H-pyrrole nitrogens is 1. The van der Waals surface area contributed by atoms with Crippen LogP contribution in [0.2, 0.25) is 10.0 Å². The Labute approximate surface area is 196 Å². The molecule has 0 saturated heterocycles. The van der Waals surface area contributed by atoms with Gasteiger partial charge >= 0.3 is 6.09 Å².